The Morgan fingerprint density at radius 2 is 1.58 bits per heavy atom. The molecule has 1 saturated heterocycles. The molecule has 1 N–H and O–H groups in total. The number of hydrogen-bond acceptors (Lipinski definition) is 4. The van der Waals surface area contributed by atoms with Crippen LogP contribution in [0.3, 0.4) is 0 Å². The molecule has 0 radical (unpaired) electrons. The Kier molecular flexibility index (Phi) is 7.02. The zero-order valence-electron chi connectivity index (χ0n) is 18.3. The minimum atomic E-state index is -3.72. The first kappa shape index (κ1) is 23.3. The highest BCUT2D eigenvalue weighted by Crippen LogP contribution is 2.28. The van der Waals surface area contributed by atoms with Crippen molar-refractivity contribution in [1.29, 1.82) is 0 Å². The first-order valence-corrected chi connectivity index (χ1v) is 12.7. The summed E-state index contributed by atoms with van der Waals surface area (Å²) in [5.41, 5.74) is 1.89. The quantitative estimate of drug-likeness (QED) is 0.553. The van der Waals surface area contributed by atoms with Crippen molar-refractivity contribution >= 4 is 33.2 Å². The van der Waals surface area contributed by atoms with Crippen LogP contribution < -0.4 is 4.72 Å². The van der Waals surface area contributed by atoms with E-state index < -0.39 is 10.0 Å². The Bertz CT molecular complexity index is 1230. The van der Waals surface area contributed by atoms with Crippen LogP contribution in [0.4, 0.5) is 5.69 Å². The number of carbonyl (C=O) groups is 1. The Morgan fingerprint density at radius 1 is 0.909 bits per heavy atom. The first-order chi connectivity index (χ1) is 15.8. The van der Waals surface area contributed by atoms with Crippen molar-refractivity contribution in [3.05, 3.63) is 95.0 Å². The maximum Gasteiger partial charge on any atom is 0.261 e. The Morgan fingerprint density at radius 3 is 2.27 bits per heavy atom. The van der Waals surface area contributed by atoms with E-state index in [1.165, 1.54) is 12.1 Å². The molecule has 0 spiro atoms. The number of anilines is 1. The first-order valence-electron chi connectivity index (χ1n) is 10.8. The highest BCUT2D eigenvalue weighted by molar-refractivity contribution is 7.92. The number of rotatable bonds is 6. The fraction of sp³-hybridized carbons (Fsp3) is 0.240. The highest BCUT2D eigenvalue weighted by Gasteiger charge is 2.26. The van der Waals surface area contributed by atoms with Gasteiger partial charge in [0.15, 0.2) is 0 Å². The molecule has 8 heteroatoms. The molecule has 0 saturated carbocycles. The summed E-state index contributed by atoms with van der Waals surface area (Å²) in [5.74, 6) is -0.110. The monoisotopic (exact) mass is 483 g/mol. The summed E-state index contributed by atoms with van der Waals surface area (Å²) in [4.78, 5) is 17.4. The zero-order chi connectivity index (χ0) is 23.4. The molecule has 3 aromatic rings. The maximum absolute atomic E-state index is 13.1. The Balaban J connectivity index is 1.41. The van der Waals surface area contributed by atoms with Crippen LogP contribution in [0, 0.1) is 0 Å². The summed E-state index contributed by atoms with van der Waals surface area (Å²) < 4.78 is 27.8. The number of carbonyl (C=O) groups excluding carboxylic acids is 1. The van der Waals surface area contributed by atoms with Crippen LogP contribution in [0.15, 0.2) is 83.8 Å². The van der Waals surface area contributed by atoms with Gasteiger partial charge < -0.3 is 4.90 Å². The standard InChI is InChI=1S/C25H26ClN3O3S/c1-19(23-12-5-6-13-24(23)26)28-14-16-29(17-15-28)25(30)20-8-7-9-21(18-20)27-33(31,32)22-10-3-2-4-11-22/h2-13,18-19,27H,14-17H2,1H3. The fourth-order valence-electron chi connectivity index (χ4n) is 4.03. The van der Waals surface area contributed by atoms with E-state index in [4.69, 9.17) is 11.6 Å². The molecular weight excluding hydrogens is 458 g/mol. The van der Waals surface area contributed by atoms with Gasteiger partial charge in [-0.3, -0.25) is 14.4 Å². The van der Waals surface area contributed by atoms with Gasteiger partial charge in [0.25, 0.3) is 15.9 Å². The minimum absolute atomic E-state index is 0.110. The third kappa shape index (κ3) is 5.38. The molecule has 1 fully saturated rings. The van der Waals surface area contributed by atoms with Gasteiger partial charge in [-0.15, -0.1) is 0 Å². The zero-order valence-corrected chi connectivity index (χ0v) is 19.9. The summed E-state index contributed by atoms with van der Waals surface area (Å²) in [6.45, 7) is 4.78. The van der Waals surface area contributed by atoms with Gasteiger partial charge in [-0.1, -0.05) is 54.1 Å². The summed E-state index contributed by atoms with van der Waals surface area (Å²) in [5, 5.41) is 0.748. The van der Waals surface area contributed by atoms with Crippen molar-refractivity contribution in [1.82, 2.24) is 9.80 Å². The summed E-state index contributed by atoms with van der Waals surface area (Å²) in [6.07, 6.45) is 0. The van der Waals surface area contributed by atoms with Crippen molar-refractivity contribution < 1.29 is 13.2 Å². The smallest absolute Gasteiger partial charge is 0.261 e. The van der Waals surface area contributed by atoms with Crippen molar-refractivity contribution in [2.75, 3.05) is 30.9 Å². The largest absolute Gasteiger partial charge is 0.336 e. The number of nitrogens with one attached hydrogen (secondary N) is 1. The van der Waals surface area contributed by atoms with E-state index >= 15 is 0 Å². The topological polar surface area (TPSA) is 69.7 Å². The van der Waals surface area contributed by atoms with Gasteiger partial charge >= 0.3 is 0 Å². The molecule has 4 rings (SSSR count). The molecule has 1 amide bonds. The molecule has 0 aromatic heterocycles. The second kappa shape index (κ2) is 9.95. The van der Waals surface area contributed by atoms with Gasteiger partial charge in [0.2, 0.25) is 0 Å². The average Bonchev–Trinajstić information content (AvgIpc) is 2.84. The molecule has 1 heterocycles. The van der Waals surface area contributed by atoms with Crippen LogP contribution in [-0.2, 0) is 10.0 Å². The summed E-state index contributed by atoms with van der Waals surface area (Å²) in [7, 11) is -3.72. The van der Waals surface area contributed by atoms with Crippen LogP contribution in [0.25, 0.3) is 0 Å². The summed E-state index contributed by atoms with van der Waals surface area (Å²) in [6, 6.07) is 22.8. The molecule has 6 nitrogen and oxygen atoms in total. The molecule has 172 valence electrons. The second-order valence-corrected chi connectivity index (χ2v) is 10.1. The maximum atomic E-state index is 13.1. The second-order valence-electron chi connectivity index (χ2n) is 8.03. The normalized spacial score (nSPS) is 15.8. The number of halogens is 1. The van der Waals surface area contributed by atoms with Gasteiger partial charge in [-0.25, -0.2) is 8.42 Å². The number of amides is 1. The van der Waals surface area contributed by atoms with Crippen LogP contribution in [0.1, 0.15) is 28.9 Å². The highest BCUT2D eigenvalue weighted by atomic mass is 35.5. The van der Waals surface area contributed by atoms with E-state index in [-0.39, 0.29) is 16.8 Å². The molecular formula is C25H26ClN3O3S. The van der Waals surface area contributed by atoms with E-state index in [2.05, 4.69) is 16.5 Å². The van der Waals surface area contributed by atoms with Gasteiger partial charge in [0, 0.05) is 48.5 Å². The third-order valence-corrected chi connectivity index (χ3v) is 7.66. The van der Waals surface area contributed by atoms with E-state index in [0.29, 0.717) is 24.3 Å². The summed E-state index contributed by atoms with van der Waals surface area (Å²) >= 11 is 6.36. The van der Waals surface area contributed by atoms with E-state index in [9.17, 15) is 13.2 Å². The van der Waals surface area contributed by atoms with E-state index in [0.717, 1.165) is 23.7 Å². The van der Waals surface area contributed by atoms with Crippen LogP contribution in [-0.4, -0.2) is 50.3 Å². The lowest BCUT2D eigenvalue weighted by Crippen LogP contribution is -2.49. The Labute approximate surface area is 199 Å². The van der Waals surface area contributed by atoms with Crippen molar-refractivity contribution in [3.8, 4) is 0 Å². The molecule has 33 heavy (non-hydrogen) atoms. The number of piperazine rings is 1. The SMILES string of the molecule is CC(c1ccccc1Cl)N1CCN(C(=O)c2cccc(NS(=O)(=O)c3ccccc3)c2)CC1. The van der Waals surface area contributed by atoms with Crippen molar-refractivity contribution in [2.24, 2.45) is 0 Å². The van der Waals surface area contributed by atoms with Gasteiger partial charge in [-0.05, 0) is 48.9 Å². The number of hydrogen-bond donors (Lipinski definition) is 1. The molecule has 3 aromatic carbocycles. The molecule has 0 aliphatic carbocycles. The van der Waals surface area contributed by atoms with E-state index in [1.54, 1.807) is 47.4 Å². The molecule has 1 aliphatic rings. The van der Waals surface area contributed by atoms with Crippen molar-refractivity contribution in [2.45, 2.75) is 17.9 Å². The van der Waals surface area contributed by atoms with Crippen LogP contribution >= 0.6 is 11.6 Å². The number of nitrogens with zero attached hydrogens (tertiary/aromatic N) is 2. The van der Waals surface area contributed by atoms with Crippen LogP contribution in [0.2, 0.25) is 5.02 Å². The lowest BCUT2D eigenvalue weighted by molar-refractivity contribution is 0.0582. The third-order valence-electron chi connectivity index (χ3n) is 5.92. The average molecular weight is 484 g/mol. The fourth-order valence-corrected chi connectivity index (χ4v) is 5.40. The van der Waals surface area contributed by atoms with Crippen molar-refractivity contribution in [3.63, 3.8) is 0 Å². The van der Waals surface area contributed by atoms with Gasteiger partial charge in [-0.2, -0.15) is 0 Å². The van der Waals surface area contributed by atoms with Gasteiger partial charge in [0.1, 0.15) is 0 Å². The molecule has 1 aliphatic heterocycles. The molecule has 1 unspecified atom stereocenters. The lowest BCUT2D eigenvalue weighted by Gasteiger charge is -2.38. The lowest BCUT2D eigenvalue weighted by atomic mass is 10.1. The predicted octanol–water partition coefficient (Wildman–Crippen LogP) is 4.66. The van der Waals surface area contributed by atoms with E-state index in [1.807, 2.05) is 24.3 Å². The molecule has 0 bridgehead atoms. The molecule has 1 atom stereocenters. The minimum Gasteiger partial charge on any atom is -0.336 e. The number of sulfonamides is 1. The van der Waals surface area contributed by atoms with Crippen LogP contribution in [0.5, 0.6) is 0 Å². The number of benzene rings is 3. The Hall–Kier alpha value is -2.87. The predicted molar refractivity (Wildman–Crippen MR) is 131 cm³/mol. The van der Waals surface area contributed by atoms with Gasteiger partial charge in [0.05, 0.1) is 4.90 Å².